The molecule has 1 heterocycles. The number of aliphatic carboxylic acids is 1. The Bertz CT molecular complexity index is 331. The first-order valence-electron chi connectivity index (χ1n) is 5.31. The minimum absolute atomic E-state index is 0.933. The van der Waals surface area contributed by atoms with E-state index in [1.54, 1.807) is 0 Å². The topological polar surface area (TPSA) is 188 Å². The summed E-state index contributed by atoms with van der Waals surface area (Å²) in [5, 5.41) is 74.1. The summed E-state index contributed by atoms with van der Waals surface area (Å²) in [5.74, 6) is -5.32. The molecule has 1 saturated heterocycles. The molecule has 0 aromatic heterocycles. The van der Waals surface area contributed by atoms with Crippen LogP contribution < -0.4 is 0 Å². The van der Waals surface area contributed by atoms with Crippen LogP contribution in [0, 0.1) is 0 Å². The molecule has 1 aliphatic heterocycles. The van der Waals surface area contributed by atoms with Gasteiger partial charge in [0.25, 0.3) is 5.79 Å². The van der Waals surface area contributed by atoms with Crippen LogP contribution in [-0.2, 0) is 9.53 Å². The summed E-state index contributed by atoms with van der Waals surface area (Å²) in [6.07, 6.45) is -12.2. The monoisotopic (exact) mass is 284 g/mol. The SMILES string of the molecule is O=C(O)C1(O)O[C@H]([C@H](O)C(O)CO)[C@H](O)[C@H](O)[C@H]1O. The lowest BCUT2D eigenvalue weighted by atomic mass is 9.89. The van der Waals surface area contributed by atoms with Crippen LogP contribution in [0.25, 0.3) is 0 Å². The van der Waals surface area contributed by atoms with E-state index in [-0.39, 0.29) is 0 Å². The molecule has 10 heteroatoms. The van der Waals surface area contributed by atoms with Gasteiger partial charge in [0.15, 0.2) is 0 Å². The van der Waals surface area contributed by atoms with Gasteiger partial charge < -0.3 is 45.6 Å². The van der Waals surface area contributed by atoms with E-state index < -0.39 is 55.0 Å². The molecule has 0 aromatic rings. The summed E-state index contributed by atoms with van der Waals surface area (Å²) in [5.41, 5.74) is 0. The Balaban J connectivity index is 3.04. The number of hydrogen-bond acceptors (Lipinski definition) is 9. The first-order chi connectivity index (χ1) is 8.66. The summed E-state index contributed by atoms with van der Waals surface area (Å²) in [4.78, 5) is 10.8. The Kier molecular flexibility index (Phi) is 4.81. The van der Waals surface area contributed by atoms with E-state index >= 15 is 0 Å². The van der Waals surface area contributed by atoms with Crippen molar-refractivity contribution in [1.29, 1.82) is 0 Å². The van der Waals surface area contributed by atoms with Gasteiger partial charge in [-0.05, 0) is 0 Å². The van der Waals surface area contributed by atoms with Crippen LogP contribution in [0.3, 0.4) is 0 Å². The van der Waals surface area contributed by atoms with E-state index in [1.807, 2.05) is 0 Å². The van der Waals surface area contributed by atoms with E-state index in [0.29, 0.717) is 0 Å². The molecule has 112 valence electrons. The van der Waals surface area contributed by atoms with Crippen LogP contribution in [0.15, 0.2) is 0 Å². The normalized spacial score (nSPS) is 42.7. The Morgan fingerprint density at radius 1 is 1.21 bits per heavy atom. The first-order valence-corrected chi connectivity index (χ1v) is 5.31. The predicted octanol–water partition coefficient (Wildman–Crippen LogP) is -5.04. The number of aliphatic hydroxyl groups is 7. The van der Waals surface area contributed by atoms with Gasteiger partial charge in [0, 0.05) is 0 Å². The van der Waals surface area contributed by atoms with E-state index in [2.05, 4.69) is 4.74 Å². The fourth-order valence-electron chi connectivity index (χ4n) is 1.74. The first kappa shape index (κ1) is 16.2. The van der Waals surface area contributed by atoms with Crippen molar-refractivity contribution in [2.24, 2.45) is 0 Å². The number of carboxylic acid groups (broad SMARTS) is 1. The maximum absolute atomic E-state index is 10.8. The molecular weight excluding hydrogens is 268 g/mol. The van der Waals surface area contributed by atoms with Crippen molar-refractivity contribution in [2.45, 2.75) is 42.4 Å². The lowest BCUT2D eigenvalue weighted by Crippen LogP contribution is -2.70. The number of ether oxygens (including phenoxy) is 1. The molecule has 0 spiro atoms. The largest absolute Gasteiger partial charge is 0.477 e. The third-order valence-electron chi connectivity index (χ3n) is 2.95. The van der Waals surface area contributed by atoms with Gasteiger partial charge in [-0.3, -0.25) is 0 Å². The molecule has 0 saturated carbocycles. The van der Waals surface area contributed by atoms with Gasteiger partial charge in [-0.1, -0.05) is 0 Å². The van der Waals surface area contributed by atoms with Crippen LogP contribution in [0.5, 0.6) is 0 Å². The maximum Gasteiger partial charge on any atom is 0.367 e. The molecule has 8 N–H and O–H groups in total. The second kappa shape index (κ2) is 5.64. The van der Waals surface area contributed by atoms with Gasteiger partial charge in [-0.2, -0.15) is 0 Å². The quantitative estimate of drug-likeness (QED) is 0.248. The number of aliphatic hydroxyl groups excluding tert-OH is 6. The van der Waals surface area contributed by atoms with Crippen LogP contribution in [-0.4, -0.2) is 95.8 Å². The third kappa shape index (κ3) is 2.70. The highest BCUT2D eigenvalue weighted by molar-refractivity contribution is 5.76. The molecule has 10 nitrogen and oxygen atoms in total. The second-order valence-electron chi connectivity index (χ2n) is 4.25. The van der Waals surface area contributed by atoms with Crippen molar-refractivity contribution in [1.82, 2.24) is 0 Å². The molecule has 2 unspecified atom stereocenters. The number of carboxylic acids is 1. The van der Waals surface area contributed by atoms with Crippen LogP contribution >= 0.6 is 0 Å². The Labute approximate surface area is 106 Å². The van der Waals surface area contributed by atoms with Gasteiger partial charge in [-0.25, -0.2) is 4.79 Å². The minimum Gasteiger partial charge on any atom is -0.477 e. The average Bonchev–Trinajstić information content (AvgIpc) is 2.38. The third-order valence-corrected chi connectivity index (χ3v) is 2.95. The van der Waals surface area contributed by atoms with Crippen molar-refractivity contribution in [3.05, 3.63) is 0 Å². The molecule has 1 rings (SSSR count). The number of carbonyl (C=O) groups is 1. The highest BCUT2D eigenvalue weighted by Gasteiger charge is 2.59. The van der Waals surface area contributed by atoms with Crippen molar-refractivity contribution >= 4 is 5.97 Å². The van der Waals surface area contributed by atoms with Crippen molar-refractivity contribution < 1.29 is 50.4 Å². The summed E-state index contributed by atoms with van der Waals surface area (Å²) in [7, 11) is 0. The summed E-state index contributed by atoms with van der Waals surface area (Å²) in [6.45, 7) is -0.933. The molecule has 0 aromatic carbocycles. The van der Waals surface area contributed by atoms with Gasteiger partial charge in [-0.15, -0.1) is 0 Å². The summed E-state index contributed by atoms with van der Waals surface area (Å²) >= 11 is 0. The number of hydrogen-bond donors (Lipinski definition) is 8. The van der Waals surface area contributed by atoms with E-state index in [4.69, 9.17) is 10.2 Å². The van der Waals surface area contributed by atoms with Crippen molar-refractivity contribution in [3.63, 3.8) is 0 Å². The summed E-state index contributed by atoms with van der Waals surface area (Å²) in [6, 6.07) is 0. The summed E-state index contributed by atoms with van der Waals surface area (Å²) < 4.78 is 4.49. The van der Waals surface area contributed by atoms with Crippen LogP contribution in [0.4, 0.5) is 0 Å². The highest BCUT2D eigenvalue weighted by Crippen LogP contribution is 2.30. The zero-order valence-electron chi connectivity index (χ0n) is 9.57. The zero-order chi connectivity index (χ0) is 15.0. The van der Waals surface area contributed by atoms with Crippen LogP contribution in [0.1, 0.15) is 0 Å². The smallest absolute Gasteiger partial charge is 0.367 e. The molecule has 1 aliphatic rings. The Hall–Kier alpha value is -0.850. The predicted molar refractivity (Wildman–Crippen MR) is 54.6 cm³/mol. The molecule has 0 radical (unpaired) electrons. The van der Waals surface area contributed by atoms with Gasteiger partial charge >= 0.3 is 5.97 Å². The Morgan fingerprint density at radius 2 is 1.74 bits per heavy atom. The molecule has 1 fully saturated rings. The highest BCUT2D eigenvalue weighted by atomic mass is 16.7. The molecule has 0 aliphatic carbocycles. The average molecular weight is 284 g/mol. The lowest BCUT2D eigenvalue weighted by molar-refractivity contribution is -0.349. The molecule has 0 bridgehead atoms. The van der Waals surface area contributed by atoms with Crippen LogP contribution in [0.2, 0.25) is 0 Å². The van der Waals surface area contributed by atoms with Gasteiger partial charge in [0.2, 0.25) is 0 Å². The number of rotatable bonds is 4. The van der Waals surface area contributed by atoms with Gasteiger partial charge in [0.1, 0.15) is 36.6 Å². The Morgan fingerprint density at radius 3 is 2.16 bits per heavy atom. The fraction of sp³-hybridized carbons (Fsp3) is 0.889. The maximum atomic E-state index is 10.8. The molecule has 19 heavy (non-hydrogen) atoms. The van der Waals surface area contributed by atoms with Crippen molar-refractivity contribution in [3.8, 4) is 0 Å². The second-order valence-corrected chi connectivity index (χ2v) is 4.25. The molecule has 0 amide bonds. The fourth-order valence-corrected chi connectivity index (χ4v) is 1.74. The van der Waals surface area contributed by atoms with E-state index in [9.17, 15) is 35.4 Å². The molecular formula is C9H16O10. The van der Waals surface area contributed by atoms with Gasteiger partial charge in [0.05, 0.1) is 6.61 Å². The minimum atomic E-state index is -3.26. The van der Waals surface area contributed by atoms with Crippen molar-refractivity contribution in [2.75, 3.05) is 6.61 Å². The lowest BCUT2D eigenvalue weighted by Gasteiger charge is -2.45. The van der Waals surface area contributed by atoms with E-state index in [1.165, 1.54) is 0 Å². The standard InChI is InChI=1S/C9H16O10/c10-1-2(11)3(12)6-4(13)5(14)7(15)9(18,19-6)8(16)17/h2-7,10-15,18H,1H2,(H,16,17)/t2?,3-,4-,5+,6-,7-,9?/m1/s1. The zero-order valence-corrected chi connectivity index (χ0v) is 9.57. The molecule has 7 atom stereocenters. The van der Waals surface area contributed by atoms with E-state index in [0.717, 1.165) is 0 Å².